The van der Waals surface area contributed by atoms with Gasteiger partial charge < -0.3 is 0 Å². The third-order valence-electron chi connectivity index (χ3n) is 8.10. The molecule has 7 saturated carbocycles. The number of rotatable bonds is 3. The van der Waals surface area contributed by atoms with Gasteiger partial charge in [-0.1, -0.05) is 6.08 Å². The van der Waals surface area contributed by atoms with Crippen LogP contribution in [-0.2, 0) is 0 Å². The minimum atomic E-state index is 1.07. The van der Waals surface area contributed by atoms with Crippen LogP contribution < -0.4 is 0 Å². The molecule has 7 rings (SSSR count). The Balaban J connectivity index is 1.33. The number of hydrogen-bond acceptors (Lipinski definition) is 0. The molecule has 8 atom stereocenters. The summed E-state index contributed by atoms with van der Waals surface area (Å²) < 4.78 is 0. The van der Waals surface area contributed by atoms with E-state index in [1.807, 2.05) is 0 Å². The van der Waals surface area contributed by atoms with E-state index in [4.69, 9.17) is 0 Å². The van der Waals surface area contributed by atoms with E-state index in [1.165, 1.54) is 30.6 Å². The van der Waals surface area contributed by atoms with E-state index in [-0.39, 0.29) is 0 Å². The molecule has 0 aromatic rings. The minimum Gasteiger partial charge on any atom is -0.103 e. The van der Waals surface area contributed by atoms with Gasteiger partial charge in [-0.3, -0.25) is 0 Å². The second-order valence-corrected chi connectivity index (χ2v) is 6.91. The van der Waals surface area contributed by atoms with Crippen molar-refractivity contribution in [3.63, 3.8) is 0 Å². The highest BCUT2D eigenvalue weighted by molar-refractivity contribution is 6.02. The zero-order valence-corrected chi connectivity index (χ0v) is 7.64. The van der Waals surface area contributed by atoms with Gasteiger partial charge in [0.1, 0.15) is 0 Å². The summed E-state index contributed by atoms with van der Waals surface area (Å²) >= 11 is 0. The van der Waals surface area contributed by atoms with E-state index in [2.05, 4.69) is 12.7 Å². The highest BCUT2D eigenvalue weighted by Crippen LogP contribution is 3.59. The molecule has 0 nitrogen and oxygen atoms in total. The molecule has 0 aromatic heterocycles. The topological polar surface area (TPSA) is 0 Å². The standard InChI is InChI=1S/C13H12/c1-2-3-4-6-8-10(6)12(8)11-7-5-9(7,11)13(10,11)12/h2,6-8H,1,3-5H2. The molecule has 7 aliphatic carbocycles. The van der Waals surface area contributed by atoms with Gasteiger partial charge in [0.05, 0.1) is 0 Å². The zero-order valence-electron chi connectivity index (χ0n) is 7.64. The van der Waals surface area contributed by atoms with Gasteiger partial charge in [-0.05, 0) is 64.1 Å². The first-order chi connectivity index (χ1) is 6.40. The zero-order chi connectivity index (χ0) is 8.06. The lowest BCUT2D eigenvalue weighted by Gasteiger charge is -2.11. The average Bonchev–Trinajstić information content (AvgIpc) is 2.93. The van der Waals surface area contributed by atoms with Crippen LogP contribution in [0.25, 0.3) is 0 Å². The van der Waals surface area contributed by atoms with Crippen molar-refractivity contribution in [2.45, 2.75) is 19.3 Å². The molecular formula is C13H12. The quantitative estimate of drug-likeness (QED) is 0.567. The van der Waals surface area contributed by atoms with E-state index in [1.54, 1.807) is 6.42 Å². The maximum Gasteiger partial charge on any atom is -0.00223 e. The molecule has 13 heavy (non-hydrogen) atoms. The molecule has 0 saturated heterocycles. The van der Waals surface area contributed by atoms with Crippen molar-refractivity contribution in [1.29, 1.82) is 0 Å². The van der Waals surface area contributed by atoms with E-state index in [0.29, 0.717) is 0 Å². The molecule has 5 spiro atoms. The fourth-order valence-electron chi connectivity index (χ4n) is 8.55. The first-order valence-electron chi connectivity index (χ1n) is 6.01. The lowest BCUT2D eigenvalue weighted by molar-refractivity contribution is 0.361. The predicted molar refractivity (Wildman–Crippen MR) is 46.7 cm³/mol. The molecule has 8 unspecified atom stereocenters. The lowest BCUT2D eigenvalue weighted by atomic mass is 9.92. The molecule has 0 aromatic carbocycles. The van der Waals surface area contributed by atoms with Crippen LogP contribution in [0.4, 0.5) is 0 Å². The Bertz CT molecular complexity index is 492. The van der Waals surface area contributed by atoms with Gasteiger partial charge >= 0.3 is 0 Å². The van der Waals surface area contributed by atoms with Gasteiger partial charge in [0.25, 0.3) is 0 Å². The van der Waals surface area contributed by atoms with Crippen molar-refractivity contribution in [3.05, 3.63) is 12.7 Å². The Labute approximate surface area is 77.4 Å². The first kappa shape index (κ1) is 5.00. The summed E-state index contributed by atoms with van der Waals surface area (Å²) in [4.78, 5) is 0. The van der Waals surface area contributed by atoms with Crippen LogP contribution in [0.5, 0.6) is 0 Å². The SMILES string of the molecule is C=CCCC1C2C13C21C24C5CC52C341. The maximum atomic E-state index is 3.84. The van der Waals surface area contributed by atoms with Crippen LogP contribution in [-0.4, -0.2) is 0 Å². The number of allylic oxidation sites excluding steroid dienone is 1. The highest BCUT2D eigenvalue weighted by Gasteiger charge is 3.57. The third-order valence-corrected chi connectivity index (χ3v) is 8.10. The Hall–Kier alpha value is -0.260. The lowest BCUT2D eigenvalue weighted by Crippen LogP contribution is -2.07. The minimum absolute atomic E-state index is 1.07. The summed E-state index contributed by atoms with van der Waals surface area (Å²) in [6.45, 7) is 3.84. The van der Waals surface area contributed by atoms with Crippen molar-refractivity contribution in [3.8, 4) is 0 Å². The van der Waals surface area contributed by atoms with Crippen molar-refractivity contribution in [2.24, 2.45) is 44.8 Å². The molecule has 0 radical (unpaired) electrons. The Kier molecular flexibility index (Phi) is 0.285. The molecule has 0 bridgehead atoms. The average molecular weight is 168 g/mol. The largest absolute Gasteiger partial charge is 0.103 e. The summed E-state index contributed by atoms with van der Waals surface area (Å²) in [7, 11) is 0. The molecule has 0 amide bonds. The van der Waals surface area contributed by atoms with Gasteiger partial charge in [-0.15, -0.1) is 6.58 Å². The first-order valence-corrected chi connectivity index (χ1v) is 6.01. The van der Waals surface area contributed by atoms with Crippen LogP contribution in [0.2, 0.25) is 0 Å². The van der Waals surface area contributed by atoms with Gasteiger partial charge in [-0.25, -0.2) is 0 Å². The highest BCUT2D eigenvalue weighted by atomic mass is 15.6. The summed E-state index contributed by atoms with van der Waals surface area (Å²) in [5, 5.41) is 0. The molecular weight excluding hydrogens is 156 g/mol. The fourth-order valence-corrected chi connectivity index (χ4v) is 8.55. The maximum absolute atomic E-state index is 3.84. The van der Waals surface area contributed by atoms with Crippen molar-refractivity contribution in [2.75, 3.05) is 0 Å². The molecule has 7 fully saturated rings. The van der Waals surface area contributed by atoms with E-state index in [9.17, 15) is 0 Å². The third kappa shape index (κ3) is 0.132. The Morgan fingerprint density at radius 2 is 2.31 bits per heavy atom. The van der Waals surface area contributed by atoms with Crippen LogP contribution in [0.1, 0.15) is 19.3 Å². The normalized spacial score (nSPS) is 103. The van der Waals surface area contributed by atoms with E-state index < -0.39 is 0 Å². The number of hydrogen-bond donors (Lipinski definition) is 0. The van der Waals surface area contributed by atoms with Gasteiger partial charge in [0.2, 0.25) is 0 Å². The van der Waals surface area contributed by atoms with Crippen LogP contribution in [0.15, 0.2) is 12.7 Å². The monoisotopic (exact) mass is 168 g/mol. The van der Waals surface area contributed by atoms with Crippen LogP contribution in [0, 0.1) is 44.8 Å². The van der Waals surface area contributed by atoms with E-state index in [0.717, 1.165) is 27.1 Å². The van der Waals surface area contributed by atoms with Gasteiger partial charge in [0, 0.05) is 0 Å². The predicted octanol–water partition coefficient (Wildman–Crippen LogP) is 2.22. The smallest absolute Gasteiger partial charge is 0.00223 e. The van der Waals surface area contributed by atoms with Crippen LogP contribution >= 0.6 is 0 Å². The second-order valence-electron chi connectivity index (χ2n) is 6.91. The summed E-state index contributed by atoms with van der Waals surface area (Å²) in [5.74, 6) is 3.82. The van der Waals surface area contributed by atoms with Crippen molar-refractivity contribution < 1.29 is 0 Å². The second kappa shape index (κ2) is 0.741. The molecule has 64 valence electrons. The molecule has 0 N–H and O–H groups in total. The molecule has 0 heterocycles. The van der Waals surface area contributed by atoms with Crippen LogP contribution in [0.3, 0.4) is 0 Å². The van der Waals surface area contributed by atoms with Crippen molar-refractivity contribution >= 4 is 0 Å². The summed E-state index contributed by atoms with van der Waals surface area (Å²) in [6.07, 6.45) is 6.58. The summed E-state index contributed by atoms with van der Waals surface area (Å²) in [6, 6.07) is 0. The fraction of sp³-hybridized carbons (Fsp3) is 0.846. The molecule has 0 aliphatic heterocycles. The van der Waals surface area contributed by atoms with E-state index >= 15 is 0 Å². The van der Waals surface area contributed by atoms with Crippen molar-refractivity contribution in [1.82, 2.24) is 0 Å². The van der Waals surface area contributed by atoms with Gasteiger partial charge in [0.15, 0.2) is 0 Å². The molecule has 7 aliphatic rings. The molecule has 0 heteroatoms. The Morgan fingerprint density at radius 1 is 1.38 bits per heavy atom. The Morgan fingerprint density at radius 3 is 2.92 bits per heavy atom. The van der Waals surface area contributed by atoms with Gasteiger partial charge in [-0.2, -0.15) is 0 Å². The summed E-state index contributed by atoms with van der Waals surface area (Å²) in [5.41, 5.74) is 5.51.